The summed E-state index contributed by atoms with van der Waals surface area (Å²) in [7, 11) is 0. The van der Waals surface area contributed by atoms with E-state index in [2.05, 4.69) is 42.2 Å². The van der Waals surface area contributed by atoms with Gasteiger partial charge in [0.15, 0.2) is 0 Å². The van der Waals surface area contributed by atoms with Crippen molar-refractivity contribution >= 4 is 11.8 Å². The number of hydrogen-bond donors (Lipinski definition) is 1. The lowest BCUT2D eigenvalue weighted by atomic mass is 9.97. The zero-order chi connectivity index (χ0) is 13.5. The maximum Gasteiger partial charge on any atom is 0.0471 e. The van der Waals surface area contributed by atoms with E-state index < -0.39 is 0 Å². The molecule has 1 N–H and O–H groups in total. The first-order valence-electron chi connectivity index (χ1n) is 7.32. The van der Waals surface area contributed by atoms with Crippen molar-refractivity contribution in [1.29, 1.82) is 0 Å². The van der Waals surface area contributed by atoms with Gasteiger partial charge in [0, 0.05) is 24.1 Å². The Morgan fingerprint density at radius 3 is 2.89 bits per heavy atom. The highest BCUT2D eigenvalue weighted by Gasteiger charge is 2.22. The summed E-state index contributed by atoms with van der Waals surface area (Å²) < 4.78 is 0. The molecule has 106 valence electrons. The molecule has 0 bridgehead atoms. The highest BCUT2D eigenvalue weighted by atomic mass is 32.2. The third kappa shape index (κ3) is 4.83. The van der Waals surface area contributed by atoms with Crippen LogP contribution in [0, 0.1) is 5.92 Å². The molecular formula is C16H25NOS. The molecule has 2 nitrogen and oxygen atoms in total. The largest absolute Gasteiger partial charge is 0.396 e. The highest BCUT2D eigenvalue weighted by molar-refractivity contribution is 7.99. The van der Waals surface area contributed by atoms with Crippen LogP contribution in [0.2, 0.25) is 0 Å². The molecule has 0 spiro atoms. The molecule has 0 aromatic heterocycles. The summed E-state index contributed by atoms with van der Waals surface area (Å²) in [5.74, 6) is 1.67. The molecule has 1 aliphatic heterocycles. The Morgan fingerprint density at radius 2 is 2.16 bits per heavy atom. The minimum atomic E-state index is 0.349. The van der Waals surface area contributed by atoms with Crippen molar-refractivity contribution in [2.45, 2.75) is 37.1 Å². The standard InChI is InChI=1S/C16H25NOS/c1-14(17-10-5-6-15(12-17)13-18)9-11-19-16-7-3-2-4-8-16/h2-4,7-8,14-15,18H,5-6,9-13H2,1H3. The fourth-order valence-electron chi connectivity index (χ4n) is 2.69. The van der Waals surface area contributed by atoms with Gasteiger partial charge in [-0.05, 0) is 56.5 Å². The third-order valence-corrected chi connectivity index (χ3v) is 5.02. The molecule has 1 aromatic carbocycles. The average Bonchev–Trinajstić information content (AvgIpc) is 2.48. The minimum absolute atomic E-state index is 0.349. The van der Waals surface area contributed by atoms with Gasteiger partial charge in [-0.25, -0.2) is 0 Å². The van der Waals surface area contributed by atoms with Crippen molar-refractivity contribution in [3.05, 3.63) is 30.3 Å². The van der Waals surface area contributed by atoms with Crippen LogP contribution in [0.25, 0.3) is 0 Å². The van der Waals surface area contributed by atoms with E-state index in [-0.39, 0.29) is 0 Å². The van der Waals surface area contributed by atoms with E-state index in [9.17, 15) is 5.11 Å². The Balaban J connectivity index is 1.70. The zero-order valence-electron chi connectivity index (χ0n) is 11.8. The Hall–Kier alpha value is -0.510. The normalized spacial score (nSPS) is 22.3. The monoisotopic (exact) mass is 279 g/mol. The topological polar surface area (TPSA) is 23.5 Å². The molecule has 0 radical (unpaired) electrons. The first-order valence-corrected chi connectivity index (χ1v) is 8.31. The van der Waals surface area contributed by atoms with Crippen LogP contribution in [0.5, 0.6) is 0 Å². The van der Waals surface area contributed by atoms with Gasteiger partial charge in [0.1, 0.15) is 0 Å². The molecule has 1 aliphatic rings. The van der Waals surface area contributed by atoms with E-state index in [4.69, 9.17) is 0 Å². The lowest BCUT2D eigenvalue weighted by molar-refractivity contribution is 0.0926. The number of thioether (sulfide) groups is 1. The number of aliphatic hydroxyl groups excluding tert-OH is 1. The number of likely N-dealkylation sites (tertiary alicyclic amines) is 1. The van der Waals surface area contributed by atoms with Gasteiger partial charge in [-0.1, -0.05) is 18.2 Å². The second-order valence-corrected chi connectivity index (χ2v) is 6.65. The fourth-order valence-corrected chi connectivity index (χ4v) is 3.74. The van der Waals surface area contributed by atoms with Gasteiger partial charge in [-0.2, -0.15) is 0 Å². The van der Waals surface area contributed by atoms with E-state index in [1.54, 1.807) is 0 Å². The maximum atomic E-state index is 9.28. The van der Waals surface area contributed by atoms with Crippen LogP contribution in [-0.4, -0.2) is 41.5 Å². The van der Waals surface area contributed by atoms with Gasteiger partial charge in [0.25, 0.3) is 0 Å². The van der Waals surface area contributed by atoms with Crippen molar-refractivity contribution in [3.63, 3.8) is 0 Å². The quantitative estimate of drug-likeness (QED) is 0.809. The van der Waals surface area contributed by atoms with Crippen LogP contribution in [0.15, 0.2) is 35.2 Å². The maximum absolute atomic E-state index is 9.28. The molecule has 0 saturated carbocycles. The number of rotatable bonds is 6. The molecule has 2 rings (SSSR count). The molecule has 2 atom stereocenters. The summed E-state index contributed by atoms with van der Waals surface area (Å²) in [5, 5.41) is 9.28. The second-order valence-electron chi connectivity index (χ2n) is 5.48. The molecule has 1 saturated heterocycles. The SMILES string of the molecule is CC(CCSc1ccccc1)N1CCCC(CO)C1. The number of benzene rings is 1. The van der Waals surface area contributed by atoms with E-state index >= 15 is 0 Å². The molecule has 1 heterocycles. The molecular weight excluding hydrogens is 254 g/mol. The van der Waals surface area contributed by atoms with E-state index in [1.807, 2.05) is 11.8 Å². The smallest absolute Gasteiger partial charge is 0.0471 e. The lowest BCUT2D eigenvalue weighted by Crippen LogP contribution is -2.42. The van der Waals surface area contributed by atoms with Crippen LogP contribution in [0.3, 0.4) is 0 Å². The summed E-state index contributed by atoms with van der Waals surface area (Å²) >= 11 is 1.94. The summed E-state index contributed by atoms with van der Waals surface area (Å²) in [6, 6.07) is 11.3. The second kappa shape index (κ2) is 7.93. The van der Waals surface area contributed by atoms with Gasteiger partial charge >= 0.3 is 0 Å². The molecule has 3 heteroatoms. The van der Waals surface area contributed by atoms with Crippen molar-refractivity contribution in [2.24, 2.45) is 5.92 Å². The van der Waals surface area contributed by atoms with Crippen molar-refractivity contribution in [1.82, 2.24) is 4.90 Å². The average molecular weight is 279 g/mol. The van der Waals surface area contributed by atoms with Crippen LogP contribution in [0.1, 0.15) is 26.2 Å². The summed E-state index contributed by atoms with van der Waals surface area (Å²) in [5.41, 5.74) is 0. The summed E-state index contributed by atoms with van der Waals surface area (Å²) in [6.45, 7) is 4.95. The van der Waals surface area contributed by atoms with Gasteiger partial charge < -0.3 is 10.0 Å². The number of aliphatic hydroxyl groups is 1. The van der Waals surface area contributed by atoms with Crippen LogP contribution < -0.4 is 0 Å². The molecule has 19 heavy (non-hydrogen) atoms. The Bertz CT molecular complexity index is 357. The van der Waals surface area contributed by atoms with E-state index in [0.717, 1.165) is 6.54 Å². The zero-order valence-corrected chi connectivity index (χ0v) is 12.6. The van der Waals surface area contributed by atoms with Gasteiger partial charge in [0.05, 0.1) is 0 Å². The van der Waals surface area contributed by atoms with Crippen LogP contribution >= 0.6 is 11.8 Å². The van der Waals surface area contributed by atoms with Gasteiger partial charge in [-0.15, -0.1) is 11.8 Å². The third-order valence-electron chi connectivity index (χ3n) is 3.98. The molecule has 1 fully saturated rings. The van der Waals surface area contributed by atoms with E-state index in [0.29, 0.717) is 18.6 Å². The van der Waals surface area contributed by atoms with Crippen LogP contribution in [-0.2, 0) is 0 Å². The van der Waals surface area contributed by atoms with Gasteiger partial charge in [-0.3, -0.25) is 0 Å². The summed E-state index contributed by atoms with van der Waals surface area (Å²) in [6.07, 6.45) is 3.65. The molecule has 2 unspecified atom stereocenters. The Labute approximate surface area is 121 Å². The molecule has 0 aliphatic carbocycles. The first kappa shape index (κ1) is 14.9. The van der Waals surface area contributed by atoms with Crippen molar-refractivity contribution in [2.75, 3.05) is 25.4 Å². The Kier molecular flexibility index (Phi) is 6.21. The van der Waals surface area contributed by atoms with E-state index in [1.165, 1.54) is 36.5 Å². The number of hydrogen-bond acceptors (Lipinski definition) is 3. The molecule has 1 aromatic rings. The minimum Gasteiger partial charge on any atom is -0.396 e. The number of nitrogens with zero attached hydrogens (tertiary/aromatic N) is 1. The fraction of sp³-hybridized carbons (Fsp3) is 0.625. The first-order chi connectivity index (χ1) is 9.29. The van der Waals surface area contributed by atoms with Gasteiger partial charge in [0.2, 0.25) is 0 Å². The predicted molar refractivity (Wildman–Crippen MR) is 82.6 cm³/mol. The highest BCUT2D eigenvalue weighted by Crippen LogP contribution is 2.22. The summed E-state index contributed by atoms with van der Waals surface area (Å²) in [4.78, 5) is 3.91. The predicted octanol–water partition coefficient (Wildman–Crippen LogP) is 3.26. The van der Waals surface area contributed by atoms with Crippen LogP contribution in [0.4, 0.5) is 0 Å². The molecule has 0 amide bonds. The van der Waals surface area contributed by atoms with Crippen molar-refractivity contribution < 1.29 is 5.11 Å². The lowest BCUT2D eigenvalue weighted by Gasteiger charge is -2.36. The van der Waals surface area contributed by atoms with Crippen molar-refractivity contribution in [3.8, 4) is 0 Å². The number of piperidine rings is 1. The Morgan fingerprint density at radius 1 is 1.37 bits per heavy atom.